The lowest BCUT2D eigenvalue weighted by Crippen LogP contribution is -2.26. The molecular formula is C14H23ClN2O. The fraction of sp³-hybridized carbons (Fsp3) is 0.500. The summed E-state index contributed by atoms with van der Waals surface area (Å²) in [6, 6.07) is 6.49. The first kappa shape index (κ1) is 16.9. The first-order valence-electron chi connectivity index (χ1n) is 6.16. The number of carbonyl (C=O) groups excluding carboxylic acids is 1. The number of aryl methyl sites for hydroxylation is 2. The van der Waals surface area contributed by atoms with Gasteiger partial charge in [-0.05, 0) is 38.8 Å². The standard InChI is InChI=1S/C14H22N2O.ClH/c1-11-8-12(2)10-13(9-11)5-7-16-14(17)4-3-6-15;/h8-10H,3-7,15H2,1-2H3,(H,16,17);1H. The predicted octanol–water partition coefficient (Wildman–Crippen LogP) is 2.12. The molecule has 0 aromatic heterocycles. The zero-order chi connectivity index (χ0) is 12.7. The summed E-state index contributed by atoms with van der Waals surface area (Å²) in [7, 11) is 0. The Hall–Kier alpha value is -1.06. The first-order chi connectivity index (χ1) is 8.11. The Bertz CT molecular complexity index is 360. The summed E-state index contributed by atoms with van der Waals surface area (Å²) >= 11 is 0. The highest BCUT2D eigenvalue weighted by molar-refractivity contribution is 5.85. The third kappa shape index (κ3) is 6.62. The van der Waals surface area contributed by atoms with E-state index in [0.29, 0.717) is 19.5 Å². The molecule has 18 heavy (non-hydrogen) atoms. The van der Waals surface area contributed by atoms with Crippen LogP contribution in [0.1, 0.15) is 29.5 Å². The largest absolute Gasteiger partial charge is 0.356 e. The Labute approximate surface area is 116 Å². The quantitative estimate of drug-likeness (QED) is 0.832. The lowest BCUT2D eigenvalue weighted by Gasteiger charge is -2.07. The lowest BCUT2D eigenvalue weighted by molar-refractivity contribution is -0.121. The minimum atomic E-state index is 0. The second-order valence-corrected chi connectivity index (χ2v) is 4.49. The first-order valence-corrected chi connectivity index (χ1v) is 6.16. The molecule has 0 unspecified atom stereocenters. The number of hydrogen-bond acceptors (Lipinski definition) is 2. The zero-order valence-corrected chi connectivity index (χ0v) is 12.0. The fourth-order valence-corrected chi connectivity index (χ4v) is 1.91. The highest BCUT2D eigenvalue weighted by Gasteiger charge is 2.00. The molecule has 0 aliphatic rings. The Balaban J connectivity index is 0.00000289. The maximum absolute atomic E-state index is 11.4. The molecule has 0 atom stereocenters. The third-order valence-corrected chi connectivity index (χ3v) is 2.63. The van der Waals surface area contributed by atoms with Crippen LogP contribution in [-0.4, -0.2) is 19.0 Å². The van der Waals surface area contributed by atoms with E-state index in [1.54, 1.807) is 0 Å². The van der Waals surface area contributed by atoms with Gasteiger partial charge in [-0.2, -0.15) is 0 Å². The molecule has 1 aromatic carbocycles. The Morgan fingerprint density at radius 2 is 1.83 bits per heavy atom. The van der Waals surface area contributed by atoms with E-state index in [-0.39, 0.29) is 18.3 Å². The predicted molar refractivity (Wildman–Crippen MR) is 78.2 cm³/mol. The Morgan fingerprint density at radius 1 is 1.22 bits per heavy atom. The van der Waals surface area contributed by atoms with Gasteiger partial charge in [-0.3, -0.25) is 4.79 Å². The van der Waals surface area contributed by atoms with Crippen LogP contribution in [0.4, 0.5) is 0 Å². The number of carbonyl (C=O) groups is 1. The van der Waals surface area contributed by atoms with Gasteiger partial charge in [-0.15, -0.1) is 12.4 Å². The van der Waals surface area contributed by atoms with Crippen LogP contribution in [0.2, 0.25) is 0 Å². The van der Waals surface area contributed by atoms with Gasteiger partial charge in [-0.25, -0.2) is 0 Å². The van der Waals surface area contributed by atoms with Crippen molar-refractivity contribution in [2.75, 3.05) is 13.1 Å². The average Bonchev–Trinajstić information content (AvgIpc) is 2.25. The number of benzene rings is 1. The summed E-state index contributed by atoms with van der Waals surface area (Å²) in [4.78, 5) is 11.4. The summed E-state index contributed by atoms with van der Waals surface area (Å²) in [5, 5.41) is 2.91. The van der Waals surface area contributed by atoms with E-state index in [1.165, 1.54) is 16.7 Å². The Kier molecular flexibility index (Phi) is 8.42. The SMILES string of the molecule is Cc1cc(C)cc(CCNC(=O)CCCN)c1.Cl. The summed E-state index contributed by atoms with van der Waals surface area (Å²) in [6.45, 7) is 5.46. The number of amides is 1. The van der Waals surface area contributed by atoms with Crippen LogP contribution >= 0.6 is 12.4 Å². The molecule has 1 aromatic rings. The van der Waals surface area contributed by atoms with Crippen molar-refractivity contribution in [2.45, 2.75) is 33.1 Å². The number of halogens is 1. The van der Waals surface area contributed by atoms with Crippen LogP contribution in [0.3, 0.4) is 0 Å². The molecule has 0 heterocycles. The molecular weight excluding hydrogens is 248 g/mol. The van der Waals surface area contributed by atoms with Crippen molar-refractivity contribution < 1.29 is 4.79 Å². The molecule has 0 radical (unpaired) electrons. The van der Waals surface area contributed by atoms with Crippen molar-refractivity contribution >= 4 is 18.3 Å². The van der Waals surface area contributed by atoms with Gasteiger partial charge in [0, 0.05) is 13.0 Å². The van der Waals surface area contributed by atoms with Crippen LogP contribution in [-0.2, 0) is 11.2 Å². The molecule has 1 amide bonds. The van der Waals surface area contributed by atoms with E-state index in [4.69, 9.17) is 5.73 Å². The molecule has 0 saturated heterocycles. The van der Waals surface area contributed by atoms with E-state index in [9.17, 15) is 4.79 Å². The molecule has 0 spiro atoms. The minimum Gasteiger partial charge on any atom is -0.356 e. The van der Waals surface area contributed by atoms with Crippen LogP contribution in [0, 0.1) is 13.8 Å². The number of hydrogen-bond donors (Lipinski definition) is 2. The summed E-state index contributed by atoms with van der Waals surface area (Å²) in [5.74, 6) is 0.0971. The van der Waals surface area contributed by atoms with Crippen molar-refractivity contribution in [3.63, 3.8) is 0 Å². The van der Waals surface area contributed by atoms with Crippen molar-refractivity contribution in [2.24, 2.45) is 5.73 Å². The van der Waals surface area contributed by atoms with Gasteiger partial charge < -0.3 is 11.1 Å². The van der Waals surface area contributed by atoms with E-state index in [2.05, 4.69) is 37.4 Å². The molecule has 0 bridgehead atoms. The molecule has 3 N–H and O–H groups in total. The molecule has 0 fully saturated rings. The van der Waals surface area contributed by atoms with Gasteiger partial charge in [0.05, 0.1) is 0 Å². The van der Waals surface area contributed by atoms with Gasteiger partial charge >= 0.3 is 0 Å². The third-order valence-electron chi connectivity index (χ3n) is 2.63. The monoisotopic (exact) mass is 270 g/mol. The number of nitrogens with two attached hydrogens (primary N) is 1. The van der Waals surface area contributed by atoms with Gasteiger partial charge in [0.1, 0.15) is 0 Å². The van der Waals surface area contributed by atoms with Crippen LogP contribution in [0.5, 0.6) is 0 Å². The smallest absolute Gasteiger partial charge is 0.220 e. The topological polar surface area (TPSA) is 55.1 Å². The van der Waals surface area contributed by atoms with Gasteiger partial charge in [0.2, 0.25) is 5.91 Å². The molecule has 0 saturated carbocycles. The fourth-order valence-electron chi connectivity index (χ4n) is 1.91. The van der Waals surface area contributed by atoms with Crippen molar-refractivity contribution in [3.8, 4) is 0 Å². The van der Waals surface area contributed by atoms with Crippen LogP contribution in [0.25, 0.3) is 0 Å². The number of nitrogens with one attached hydrogen (secondary N) is 1. The van der Waals surface area contributed by atoms with Crippen molar-refractivity contribution in [1.29, 1.82) is 0 Å². The summed E-state index contributed by atoms with van der Waals surface area (Å²) in [6.07, 6.45) is 2.18. The van der Waals surface area contributed by atoms with Crippen LogP contribution in [0.15, 0.2) is 18.2 Å². The molecule has 0 aliphatic carbocycles. The summed E-state index contributed by atoms with van der Waals surface area (Å²) < 4.78 is 0. The summed E-state index contributed by atoms with van der Waals surface area (Å²) in [5.41, 5.74) is 9.17. The zero-order valence-electron chi connectivity index (χ0n) is 11.2. The van der Waals surface area contributed by atoms with Gasteiger partial charge in [0.25, 0.3) is 0 Å². The van der Waals surface area contributed by atoms with E-state index < -0.39 is 0 Å². The molecule has 1 rings (SSSR count). The van der Waals surface area contributed by atoms with Crippen LogP contribution < -0.4 is 11.1 Å². The van der Waals surface area contributed by atoms with E-state index in [1.807, 2.05) is 0 Å². The normalized spacial score (nSPS) is 9.72. The molecule has 102 valence electrons. The lowest BCUT2D eigenvalue weighted by atomic mass is 10.1. The van der Waals surface area contributed by atoms with Gasteiger partial charge in [0.15, 0.2) is 0 Å². The van der Waals surface area contributed by atoms with Crippen molar-refractivity contribution in [3.05, 3.63) is 34.9 Å². The van der Waals surface area contributed by atoms with Crippen molar-refractivity contribution in [1.82, 2.24) is 5.32 Å². The second-order valence-electron chi connectivity index (χ2n) is 4.49. The van der Waals surface area contributed by atoms with E-state index >= 15 is 0 Å². The maximum atomic E-state index is 11.4. The average molecular weight is 271 g/mol. The molecule has 3 nitrogen and oxygen atoms in total. The number of rotatable bonds is 6. The highest BCUT2D eigenvalue weighted by Crippen LogP contribution is 2.08. The van der Waals surface area contributed by atoms with Gasteiger partial charge in [-0.1, -0.05) is 29.3 Å². The maximum Gasteiger partial charge on any atom is 0.220 e. The molecule has 0 aliphatic heterocycles. The second kappa shape index (κ2) is 8.95. The Morgan fingerprint density at radius 3 is 2.39 bits per heavy atom. The molecule has 4 heteroatoms. The minimum absolute atomic E-state index is 0. The highest BCUT2D eigenvalue weighted by atomic mass is 35.5. The van der Waals surface area contributed by atoms with E-state index in [0.717, 1.165) is 12.8 Å².